The van der Waals surface area contributed by atoms with Gasteiger partial charge in [-0.2, -0.15) is 13.8 Å². The molecule has 0 fully saturated rings. The summed E-state index contributed by atoms with van der Waals surface area (Å²) in [6.07, 6.45) is 1.36. The van der Waals surface area contributed by atoms with Crippen LogP contribution in [-0.4, -0.2) is 41.4 Å². The van der Waals surface area contributed by atoms with Gasteiger partial charge in [-0.05, 0) is 30.7 Å². The number of halogens is 3. The van der Waals surface area contributed by atoms with Crippen molar-refractivity contribution in [2.24, 2.45) is 5.92 Å². The summed E-state index contributed by atoms with van der Waals surface area (Å²) in [6.45, 7) is 6.42. The standard InChI is InChI=1S/C22H25F3N4O4/c1-12(2)18(30)28-17-9-14(6-7-26-17)19(31)27-10-15-8-16(23)21(29-20(15)32-5)33-11-22(24,25)13(3)4/h6-9,12H,3,10-11H2,1-2,4-5H3,(H,27,31)(H,26,28,30). The van der Waals surface area contributed by atoms with Crippen molar-refractivity contribution in [1.82, 2.24) is 15.3 Å². The van der Waals surface area contributed by atoms with Gasteiger partial charge in [-0.25, -0.2) is 9.37 Å². The third-order valence-corrected chi connectivity index (χ3v) is 4.43. The maximum absolute atomic E-state index is 14.4. The van der Waals surface area contributed by atoms with Crippen LogP contribution in [0.3, 0.4) is 0 Å². The fourth-order valence-electron chi connectivity index (χ4n) is 2.37. The minimum Gasteiger partial charge on any atom is -0.481 e. The van der Waals surface area contributed by atoms with Crippen LogP contribution in [0.1, 0.15) is 36.7 Å². The SMILES string of the molecule is C=C(C)C(F)(F)COc1nc(OC)c(CNC(=O)c2ccnc(NC(=O)C(C)C)c2)cc1F. The van der Waals surface area contributed by atoms with E-state index in [0.29, 0.717) is 0 Å². The van der Waals surface area contributed by atoms with E-state index in [1.165, 1.54) is 25.4 Å². The quantitative estimate of drug-likeness (QED) is 0.517. The molecule has 0 spiro atoms. The highest BCUT2D eigenvalue weighted by molar-refractivity contribution is 5.96. The Balaban J connectivity index is 2.10. The maximum atomic E-state index is 14.4. The molecule has 0 saturated heterocycles. The molecule has 11 heteroatoms. The average Bonchev–Trinajstić information content (AvgIpc) is 2.76. The highest BCUT2D eigenvalue weighted by Crippen LogP contribution is 2.27. The molecular weight excluding hydrogens is 441 g/mol. The third-order valence-electron chi connectivity index (χ3n) is 4.43. The van der Waals surface area contributed by atoms with E-state index in [4.69, 9.17) is 9.47 Å². The van der Waals surface area contributed by atoms with Crippen molar-refractivity contribution in [1.29, 1.82) is 0 Å². The number of methoxy groups -OCH3 is 1. The first-order valence-electron chi connectivity index (χ1n) is 9.89. The Kier molecular flexibility index (Phi) is 8.38. The van der Waals surface area contributed by atoms with Crippen LogP contribution >= 0.6 is 0 Å². The summed E-state index contributed by atoms with van der Waals surface area (Å²) in [6, 6.07) is 3.81. The van der Waals surface area contributed by atoms with Gasteiger partial charge in [0.2, 0.25) is 11.8 Å². The number of amides is 2. The van der Waals surface area contributed by atoms with Gasteiger partial charge in [-0.3, -0.25) is 9.59 Å². The summed E-state index contributed by atoms with van der Waals surface area (Å²) in [5.41, 5.74) is -0.0690. The van der Waals surface area contributed by atoms with Crippen molar-refractivity contribution in [3.05, 3.63) is 53.5 Å². The molecule has 33 heavy (non-hydrogen) atoms. The lowest BCUT2D eigenvalue weighted by molar-refractivity contribution is -0.118. The Morgan fingerprint density at radius 1 is 1.24 bits per heavy atom. The lowest BCUT2D eigenvalue weighted by Crippen LogP contribution is -2.27. The van der Waals surface area contributed by atoms with Crippen LogP contribution in [-0.2, 0) is 11.3 Å². The molecular formula is C22H25F3N4O4. The molecule has 0 aromatic carbocycles. The van der Waals surface area contributed by atoms with Crippen LogP contribution in [0.4, 0.5) is 19.0 Å². The van der Waals surface area contributed by atoms with E-state index in [2.05, 4.69) is 27.2 Å². The number of anilines is 1. The number of nitrogens with zero attached hydrogens (tertiary/aromatic N) is 2. The Morgan fingerprint density at radius 3 is 2.55 bits per heavy atom. The van der Waals surface area contributed by atoms with Crippen molar-refractivity contribution >= 4 is 17.6 Å². The third kappa shape index (κ3) is 6.93. The Labute approximate surface area is 189 Å². The molecule has 178 valence electrons. The van der Waals surface area contributed by atoms with Gasteiger partial charge in [-0.15, -0.1) is 0 Å². The van der Waals surface area contributed by atoms with E-state index >= 15 is 0 Å². The molecule has 0 saturated carbocycles. The number of carbonyl (C=O) groups excluding carboxylic acids is 2. The smallest absolute Gasteiger partial charge is 0.302 e. The first-order valence-corrected chi connectivity index (χ1v) is 9.89. The molecule has 2 aromatic heterocycles. The molecule has 2 rings (SSSR count). The van der Waals surface area contributed by atoms with Crippen molar-refractivity contribution < 1.29 is 32.2 Å². The number of pyridine rings is 2. The molecule has 0 aliphatic heterocycles. The van der Waals surface area contributed by atoms with E-state index < -0.39 is 35.7 Å². The van der Waals surface area contributed by atoms with Crippen molar-refractivity contribution in [3.8, 4) is 11.8 Å². The summed E-state index contributed by atoms with van der Waals surface area (Å²) in [4.78, 5) is 32.1. The monoisotopic (exact) mass is 466 g/mol. The summed E-state index contributed by atoms with van der Waals surface area (Å²) in [7, 11) is 1.25. The summed E-state index contributed by atoms with van der Waals surface area (Å²) >= 11 is 0. The Morgan fingerprint density at radius 2 is 1.94 bits per heavy atom. The van der Waals surface area contributed by atoms with Crippen molar-refractivity contribution in [2.75, 3.05) is 19.0 Å². The molecule has 2 aromatic rings. The second-order valence-electron chi connectivity index (χ2n) is 7.47. The van der Waals surface area contributed by atoms with E-state index in [9.17, 15) is 22.8 Å². The highest BCUT2D eigenvalue weighted by Gasteiger charge is 2.32. The topological polar surface area (TPSA) is 102 Å². The summed E-state index contributed by atoms with van der Waals surface area (Å²) < 4.78 is 51.5. The van der Waals surface area contributed by atoms with Gasteiger partial charge in [0, 0.05) is 29.8 Å². The van der Waals surface area contributed by atoms with Crippen LogP contribution in [0.15, 0.2) is 36.5 Å². The summed E-state index contributed by atoms with van der Waals surface area (Å²) in [5, 5.41) is 5.16. The second kappa shape index (κ2) is 10.8. The van der Waals surface area contributed by atoms with Crippen LogP contribution < -0.4 is 20.1 Å². The van der Waals surface area contributed by atoms with Crippen molar-refractivity contribution in [2.45, 2.75) is 33.2 Å². The van der Waals surface area contributed by atoms with Gasteiger partial charge in [-0.1, -0.05) is 20.4 Å². The minimum atomic E-state index is -3.36. The van der Waals surface area contributed by atoms with Gasteiger partial charge in [0.05, 0.1) is 7.11 Å². The zero-order valence-corrected chi connectivity index (χ0v) is 18.7. The number of aromatic nitrogens is 2. The highest BCUT2D eigenvalue weighted by atomic mass is 19.3. The number of ether oxygens (including phenoxy) is 2. The zero-order valence-electron chi connectivity index (χ0n) is 18.7. The molecule has 2 amide bonds. The first kappa shape index (κ1) is 25.6. The Bertz CT molecular complexity index is 1040. The molecule has 2 N–H and O–H groups in total. The lowest BCUT2D eigenvalue weighted by atomic mass is 10.2. The summed E-state index contributed by atoms with van der Waals surface area (Å²) in [5.74, 6) is -5.96. The van der Waals surface area contributed by atoms with Gasteiger partial charge in [0.15, 0.2) is 12.4 Å². The number of nitrogens with one attached hydrogen (secondary N) is 2. The van der Waals surface area contributed by atoms with Gasteiger partial charge in [0.1, 0.15) is 5.82 Å². The number of hydrogen-bond acceptors (Lipinski definition) is 6. The van der Waals surface area contributed by atoms with Gasteiger partial charge < -0.3 is 20.1 Å². The fourth-order valence-corrected chi connectivity index (χ4v) is 2.37. The number of alkyl halides is 2. The predicted octanol–water partition coefficient (Wildman–Crippen LogP) is 3.74. The largest absolute Gasteiger partial charge is 0.481 e. The van der Waals surface area contributed by atoms with E-state index in [1.54, 1.807) is 13.8 Å². The van der Waals surface area contributed by atoms with Crippen LogP contribution in [0.25, 0.3) is 0 Å². The molecule has 0 aliphatic carbocycles. The fraction of sp³-hybridized carbons (Fsp3) is 0.364. The lowest BCUT2D eigenvalue weighted by Gasteiger charge is -2.17. The van der Waals surface area contributed by atoms with Crippen molar-refractivity contribution in [3.63, 3.8) is 0 Å². The molecule has 0 bridgehead atoms. The van der Waals surface area contributed by atoms with Crippen LogP contribution in [0.2, 0.25) is 0 Å². The van der Waals surface area contributed by atoms with Crippen LogP contribution in [0, 0.1) is 11.7 Å². The van der Waals surface area contributed by atoms with Gasteiger partial charge >= 0.3 is 5.92 Å². The molecule has 0 atom stereocenters. The number of carbonyl (C=O) groups is 2. The normalized spacial score (nSPS) is 11.2. The Hall–Kier alpha value is -3.63. The number of hydrogen-bond donors (Lipinski definition) is 2. The molecule has 8 nitrogen and oxygen atoms in total. The van der Waals surface area contributed by atoms with E-state index in [0.717, 1.165) is 13.0 Å². The molecule has 0 unspecified atom stereocenters. The molecule has 0 radical (unpaired) electrons. The van der Waals surface area contributed by atoms with E-state index in [1.807, 2.05) is 0 Å². The van der Waals surface area contributed by atoms with Crippen LogP contribution in [0.5, 0.6) is 11.8 Å². The second-order valence-corrected chi connectivity index (χ2v) is 7.47. The first-order chi connectivity index (χ1) is 15.4. The predicted molar refractivity (Wildman–Crippen MR) is 115 cm³/mol. The van der Waals surface area contributed by atoms with Gasteiger partial charge in [0.25, 0.3) is 11.8 Å². The molecule has 2 heterocycles. The van der Waals surface area contributed by atoms with E-state index in [-0.39, 0.29) is 41.2 Å². The zero-order chi connectivity index (χ0) is 24.8. The minimum absolute atomic E-state index is 0.107. The molecule has 0 aliphatic rings. The maximum Gasteiger partial charge on any atom is 0.302 e. The number of rotatable bonds is 10. The average molecular weight is 466 g/mol.